The maximum Gasteiger partial charge on any atom is 0.178 e. The number of imidazole rings is 1. The van der Waals surface area contributed by atoms with Gasteiger partial charge in [-0.05, 0) is 54.7 Å². The van der Waals surface area contributed by atoms with E-state index in [1.165, 1.54) is 10.4 Å². The molecule has 0 unspecified atom stereocenters. The molecule has 0 amide bonds. The van der Waals surface area contributed by atoms with Crippen LogP contribution < -0.4 is 4.74 Å². The van der Waals surface area contributed by atoms with Crippen LogP contribution in [0.3, 0.4) is 0 Å². The van der Waals surface area contributed by atoms with Gasteiger partial charge in [0, 0.05) is 4.88 Å². The van der Waals surface area contributed by atoms with Crippen LogP contribution in [-0.2, 0) is 13.0 Å². The molecule has 0 aliphatic carbocycles. The van der Waals surface area contributed by atoms with E-state index in [-0.39, 0.29) is 0 Å². The van der Waals surface area contributed by atoms with Crippen molar-refractivity contribution in [2.24, 2.45) is 0 Å². The van der Waals surface area contributed by atoms with Crippen LogP contribution in [0.5, 0.6) is 5.75 Å². The van der Waals surface area contributed by atoms with Crippen molar-refractivity contribution in [2.45, 2.75) is 26.8 Å². The number of H-pyrrole nitrogens is 1. The van der Waals surface area contributed by atoms with Gasteiger partial charge >= 0.3 is 0 Å². The lowest BCUT2D eigenvalue weighted by molar-refractivity contribution is 0.343. The molecule has 3 aromatic rings. The normalized spacial score (nSPS) is 11.1. The van der Waals surface area contributed by atoms with Gasteiger partial charge in [0.05, 0.1) is 18.7 Å². The maximum absolute atomic E-state index is 5.68. The standard InChI is InChI=1S/C16H18N2OS2/c1-3-11-8-9-21-14(11)10-18-12-6-5-7-13(19-4-2)15(12)17-16(18)20/h5-9H,3-4,10H2,1-2H3,(H,17,20). The summed E-state index contributed by atoms with van der Waals surface area (Å²) in [5.74, 6) is 0.863. The topological polar surface area (TPSA) is 29.9 Å². The molecular formula is C16H18N2OS2. The molecule has 5 heteroatoms. The number of hydrogen-bond acceptors (Lipinski definition) is 3. The molecule has 110 valence electrons. The van der Waals surface area contributed by atoms with Gasteiger partial charge < -0.3 is 14.3 Å². The van der Waals surface area contributed by atoms with E-state index in [1.807, 2.05) is 19.1 Å². The molecule has 0 spiro atoms. The number of aryl methyl sites for hydroxylation is 1. The highest BCUT2D eigenvalue weighted by Crippen LogP contribution is 2.27. The molecule has 1 aromatic carbocycles. The van der Waals surface area contributed by atoms with E-state index in [0.717, 1.165) is 34.5 Å². The SMILES string of the molecule is CCOc1cccc2c1[nH]c(=S)n2Cc1sccc1CC. The van der Waals surface area contributed by atoms with Gasteiger partial charge in [0.25, 0.3) is 0 Å². The molecule has 0 saturated heterocycles. The smallest absolute Gasteiger partial charge is 0.178 e. The van der Waals surface area contributed by atoms with Crippen LogP contribution >= 0.6 is 23.6 Å². The number of hydrogen-bond donors (Lipinski definition) is 1. The summed E-state index contributed by atoms with van der Waals surface area (Å²) < 4.78 is 8.57. The molecule has 0 aliphatic heterocycles. The summed E-state index contributed by atoms with van der Waals surface area (Å²) in [7, 11) is 0. The summed E-state index contributed by atoms with van der Waals surface area (Å²) in [5.41, 5.74) is 3.48. The van der Waals surface area contributed by atoms with Gasteiger partial charge in [-0.3, -0.25) is 0 Å². The van der Waals surface area contributed by atoms with Crippen LogP contribution in [-0.4, -0.2) is 16.2 Å². The molecule has 21 heavy (non-hydrogen) atoms. The van der Waals surface area contributed by atoms with Crippen molar-refractivity contribution in [3.63, 3.8) is 0 Å². The molecule has 3 rings (SSSR count). The zero-order chi connectivity index (χ0) is 14.8. The predicted molar refractivity (Wildman–Crippen MR) is 91.1 cm³/mol. The van der Waals surface area contributed by atoms with Gasteiger partial charge in [-0.15, -0.1) is 11.3 Å². The third-order valence-electron chi connectivity index (χ3n) is 3.59. The Bertz CT molecular complexity index is 813. The molecule has 3 nitrogen and oxygen atoms in total. The summed E-state index contributed by atoms with van der Waals surface area (Å²) in [6.07, 6.45) is 1.05. The summed E-state index contributed by atoms with van der Waals surface area (Å²) in [6, 6.07) is 8.28. The summed E-state index contributed by atoms with van der Waals surface area (Å²) in [5, 5.41) is 2.15. The minimum absolute atomic E-state index is 0.649. The Morgan fingerprint density at radius 3 is 2.90 bits per heavy atom. The number of fused-ring (bicyclic) bond motifs is 1. The largest absolute Gasteiger partial charge is 0.492 e. The molecule has 0 radical (unpaired) electrons. The van der Waals surface area contributed by atoms with Gasteiger partial charge in [0.2, 0.25) is 0 Å². The average molecular weight is 318 g/mol. The second-order valence-corrected chi connectivity index (χ2v) is 6.21. The Kier molecular flexibility index (Phi) is 4.12. The third kappa shape index (κ3) is 2.63. The number of rotatable bonds is 5. The number of aromatic nitrogens is 2. The monoisotopic (exact) mass is 318 g/mol. The second kappa shape index (κ2) is 6.03. The van der Waals surface area contributed by atoms with E-state index < -0.39 is 0 Å². The maximum atomic E-state index is 5.68. The zero-order valence-corrected chi connectivity index (χ0v) is 13.8. The van der Waals surface area contributed by atoms with Gasteiger partial charge in [-0.1, -0.05) is 13.0 Å². The Labute approximate surface area is 133 Å². The van der Waals surface area contributed by atoms with E-state index in [0.29, 0.717) is 6.61 Å². The van der Waals surface area contributed by atoms with Crippen molar-refractivity contribution < 1.29 is 4.74 Å². The Hall–Kier alpha value is -1.59. The van der Waals surface area contributed by atoms with E-state index >= 15 is 0 Å². The highest BCUT2D eigenvalue weighted by molar-refractivity contribution is 7.71. The van der Waals surface area contributed by atoms with Crippen molar-refractivity contribution in [2.75, 3.05) is 6.61 Å². The highest BCUT2D eigenvalue weighted by Gasteiger charge is 2.11. The fourth-order valence-corrected chi connectivity index (χ4v) is 3.78. The predicted octanol–water partition coefficient (Wildman–Crippen LogP) is 4.77. The lowest BCUT2D eigenvalue weighted by Gasteiger charge is -2.07. The minimum atomic E-state index is 0.649. The second-order valence-electron chi connectivity index (χ2n) is 4.82. The molecule has 2 heterocycles. The van der Waals surface area contributed by atoms with Crippen LogP contribution in [0, 0.1) is 4.77 Å². The lowest BCUT2D eigenvalue weighted by Crippen LogP contribution is -2.00. The molecule has 0 atom stereocenters. The quantitative estimate of drug-likeness (QED) is 0.687. The Morgan fingerprint density at radius 2 is 2.14 bits per heavy atom. The van der Waals surface area contributed by atoms with E-state index in [9.17, 15) is 0 Å². The lowest BCUT2D eigenvalue weighted by atomic mass is 10.2. The number of aromatic amines is 1. The number of nitrogens with zero attached hydrogens (tertiary/aromatic N) is 1. The van der Waals surface area contributed by atoms with Crippen LogP contribution in [0.4, 0.5) is 0 Å². The molecule has 0 saturated carbocycles. The third-order valence-corrected chi connectivity index (χ3v) is 4.86. The number of para-hydroxylation sites is 1. The van der Waals surface area contributed by atoms with Gasteiger partial charge in [-0.2, -0.15) is 0 Å². The van der Waals surface area contributed by atoms with Crippen LogP contribution in [0.1, 0.15) is 24.3 Å². The fraction of sp³-hybridized carbons (Fsp3) is 0.312. The van der Waals surface area contributed by atoms with Gasteiger partial charge in [-0.25, -0.2) is 0 Å². The zero-order valence-electron chi connectivity index (χ0n) is 12.2. The van der Waals surface area contributed by atoms with Crippen LogP contribution in [0.25, 0.3) is 11.0 Å². The van der Waals surface area contributed by atoms with E-state index in [2.05, 4.69) is 34.0 Å². The van der Waals surface area contributed by atoms with Gasteiger partial charge in [0.15, 0.2) is 4.77 Å². The highest BCUT2D eigenvalue weighted by atomic mass is 32.1. The fourth-order valence-electron chi connectivity index (χ4n) is 2.55. The molecule has 0 aliphatic rings. The minimum Gasteiger partial charge on any atom is -0.492 e. The van der Waals surface area contributed by atoms with E-state index in [1.54, 1.807) is 11.3 Å². The first-order valence-corrected chi connectivity index (χ1v) is 8.43. The molecule has 1 N–H and O–H groups in total. The molecule has 2 aromatic heterocycles. The van der Waals surface area contributed by atoms with Crippen LogP contribution in [0.15, 0.2) is 29.6 Å². The first-order chi connectivity index (χ1) is 10.2. The molecule has 0 fully saturated rings. The number of benzene rings is 1. The number of thiophene rings is 1. The van der Waals surface area contributed by atoms with Crippen molar-refractivity contribution in [3.05, 3.63) is 44.9 Å². The summed E-state index contributed by atoms with van der Waals surface area (Å²) in [4.78, 5) is 4.66. The molecule has 0 bridgehead atoms. The Morgan fingerprint density at radius 1 is 1.29 bits per heavy atom. The molecular weight excluding hydrogens is 300 g/mol. The number of ether oxygens (including phenoxy) is 1. The number of nitrogens with one attached hydrogen (secondary N) is 1. The van der Waals surface area contributed by atoms with Crippen molar-refractivity contribution >= 4 is 34.6 Å². The first kappa shape index (κ1) is 14.4. The summed E-state index contributed by atoms with van der Waals surface area (Å²) in [6.45, 7) is 5.64. The summed E-state index contributed by atoms with van der Waals surface area (Å²) >= 11 is 7.30. The van der Waals surface area contributed by atoms with Gasteiger partial charge in [0.1, 0.15) is 11.3 Å². The van der Waals surface area contributed by atoms with Crippen molar-refractivity contribution in [1.29, 1.82) is 0 Å². The van der Waals surface area contributed by atoms with E-state index in [4.69, 9.17) is 17.0 Å². The first-order valence-electron chi connectivity index (χ1n) is 7.14. The van der Waals surface area contributed by atoms with Crippen LogP contribution in [0.2, 0.25) is 0 Å². The Balaban J connectivity index is 2.09. The van der Waals surface area contributed by atoms with Crippen molar-refractivity contribution in [3.8, 4) is 5.75 Å². The van der Waals surface area contributed by atoms with Crippen molar-refractivity contribution in [1.82, 2.24) is 9.55 Å². The average Bonchev–Trinajstić information content (AvgIpc) is 3.06.